The minimum Gasteiger partial charge on any atom is -0.480 e. The maximum absolute atomic E-state index is 13.7. The number of benzene rings is 3. The number of hydrogen-bond acceptors (Lipinski definition) is 6. The van der Waals surface area contributed by atoms with Crippen LogP contribution in [0.15, 0.2) is 90.2 Å². The number of nitrogens with one attached hydrogen (secondary N) is 1. The van der Waals surface area contributed by atoms with E-state index in [4.69, 9.17) is 4.74 Å². The number of amides is 1. The van der Waals surface area contributed by atoms with Gasteiger partial charge >= 0.3 is 12.1 Å². The van der Waals surface area contributed by atoms with Gasteiger partial charge in [-0.3, -0.25) is 0 Å². The van der Waals surface area contributed by atoms with Crippen LogP contribution in [0, 0.1) is 6.92 Å². The molecule has 4 aromatic rings. The number of aromatic amines is 1. The maximum Gasteiger partial charge on any atom is 0.424 e. The first kappa shape index (κ1) is 25.2. The summed E-state index contributed by atoms with van der Waals surface area (Å²) in [7, 11) is -4.59. The number of carbonyl (C=O) groups excluding carboxylic acids is 1. The predicted octanol–water partition coefficient (Wildman–Crippen LogP) is 4.35. The van der Waals surface area contributed by atoms with E-state index >= 15 is 0 Å². The number of nitrogens with zero attached hydrogens (tertiary/aromatic N) is 2. The summed E-state index contributed by atoms with van der Waals surface area (Å²) >= 11 is 0. The summed E-state index contributed by atoms with van der Waals surface area (Å²) < 4.78 is 33.3. The number of carbonyl (C=O) groups is 2. The van der Waals surface area contributed by atoms with Crippen molar-refractivity contribution in [2.45, 2.75) is 30.2 Å². The van der Waals surface area contributed by atoms with Gasteiger partial charge in [0.1, 0.15) is 6.61 Å². The monoisotopic (exact) mass is 531 g/mol. The average molecular weight is 532 g/mol. The Morgan fingerprint density at radius 3 is 2.16 bits per heavy atom. The zero-order valence-electron chi connectivity index (χ0n) is 20.4. The third kappa shape index (κ3) is 4.66. The van der Waals surface area contributed by atoms with Crippen molar-refractivity contribution >= 4 is 22.1 Å². The first-order chi connectivity index (χ1) is 18.3. The van der Waals surface area contributed by atoms with Gasteiger partial charge in [0.05, 0.1) is 16.9 Å². The molecule has 0 unspecified atom stereocenters. The summed E-state index contributed by atoms with van der Waals surface area (Å²) in [6.07, 6.45) is 1.19. The molecule has 194 valence electrons. The lowest BCUT2D eigenvalue weighted by Crippen LogP contribution is -2.50. The molecule has 1 aliphatic carbocycles. The Labute approximate surface area is 219 Å². The Bertz CT molecular complexity index is 1540. The largest absolute Gasteiger partial charge is 0.480 e. The summed E-state index contributed by atoms with van der Waals surface area (Å²) in [5.74, 6) is -1.83. The fourth-order valence-electron chi connectivity index (χ4n) is 4.75. The van der Waals surface area contributed by atoms with Crippen molar-refractivity contribution in [2.24, 2.45) is 0 Å². The molecule has 1 amide bonds. The van der Waals surface area contributed by atoms with Crippen molar-refractivity contribution in [2.75, 3.05) is 6.61 Å². The van der Waals surface area contributed by atoms with Gasteiger partial charge in [0, 0.05) is 18.5 Å². The van der Waals surface area contributed by atoms with E-state index in [1.165, 1.54) is 24.7 Å². The van der Waals surface area contributed by atoms with Crippen LogP contribution in [-0.4, -0.2) is 52.5 Å². The number of imidazole rings is 1. The molecule has 0 saturated carbocycles. The molecule has 0 bridgehead atoms. The molecule has 0 radical (unpaired) electrons. The molecule has 3 aromatic carbocycles. The number of carboxylic acids is 1. The molecule has 1 aliphatic rings. The highest BCUT2D eigenvalue weighted by molar-refractivity contribution is 7.89. The van der Waals surface area contributed by atoms with E-state index in [-0.39, 0.29) is 29.5 Å². The highest BCUT2D eigenvalue weighted by Crippen LogP contribution is 2.44. The van der Waals surface area contributed by atoms with E-state index in [9.17, 15) is 23.1 Å². The Balaban J connectivity index is 1.49. The zero-order chi connectivity index (χ0) is 26.9. The predicted molar refractivity (Wildman–Crippen MR) is 139 cm³/mol. The lowest BCUT2D eigenvalue weighted by molar-refractivity contribution is -0.141. The van der Waals surface area contributed by atoms with Crippen LogP contribution in [0.5, 0.6) is 0 Å². The molecular weight excluding hydrogens is 506 g/mol. The summed E-state index contributed by atoms with van der Waals surface area (Å²) in [6.45, 7) is 1.62. The average Bonchev–Trinajstić information content (AvgIpc) is 3.53. The number of aryl methyl sites for hydroxylation is 1. The van der Waals surface area contributed by atoms with Crippen LogP contribution in [-0.2, 0) is 26.0 Å². The quantitative estimate of drug-likeness (QED) is 0.346. The first-order valence-corrected chi connectivity index (χ1v) is 13.4. The molecule has 1 atom stereocenters. The molecule has 2 N–H and O–H groups in total. The van der Waals surface area contributed by atoms with Gasteiger partial charge in [-0.1, -0.05) is 66.2 Å². The number of aromatic nitrogens is 2. The molecule has 0 fully saturated rings. The van der Waals surface area contributed by atoms with Crippen LogP contribution in [0.3, 0.4) is 0 Å². The molecule has 10 heteroatoms. The lowest BCUT2D eigenvalue weighted by atomic mass is 9.98. The third-order valence-corrected chi connectivity index (χ3v) is 8.41. The number of rotatable bonds is 8. The Hall–Kier alpha value is -4.44. The van der Waals surface area contributed by atoms with Gasteiger partial charge in [-0.2, -0.15) is 4.31 Å². The third-order valence-electron chi connectivity index (χ3n) is 6.62. The maximum atomic E-state index is 13.7. The summed E-state index contributed by atoms with van der Waals surface area (Å²) in [6, 6.07) is 19.5. The molecule has 1 heterocycles. The number of hydrogen-bond donors (Lipinski definition) is 2. The smallest absolute Gasteiger partial charge is 0.424 e. The molecule has 1 aromatic heterocycles. The van der Waals surface area contributed by atoms with Crippen LogP contribution in [0.2, 0.25) is 0 Å². The highest BCUT2D eigenvalue weighted by atomic mass is 32.2. The Kier molecular flexibility index (Phi) is 6.73. The van der Waals surface area contributed by atoms with E-state index in [0.717, 1.165) is 27.8 Å². The second kappa shape index (κ2) is 10.1. The molecule has 9 nitrogen and oxygen atoms in total. The lowest BCUT2D eigenvalue weighted by Gasteiger charge is -2.28. The van der Waals surface area contributed by atoms with Crippen LogP contribution in [0.4, 0.5) is 4.79 Å². The van der Waals surface area contributed by atoms with E-state index in [0.29, 0.717) is 4.31 Å². The number of ether oxygens (including phenoxy) is 1. The minimum atomic E-state index is -4.59. The number of carboxylic acid groups (broad SMARTS) is 1. The van der Waals surface area contributed by atoms with Gasteiger partial charge in [0.25, 0.3) is 10.0 Å². The summed E-state index contributed by atoms with van der Waals surface area (Å²) in [5, 5.41) is 10.0. The van der Waals surface area contributed by atoms with E-state index in [1.807, 2.05) is 48.5 Å². The Morgan fingerprint density at radius 1 is 1.00 bits per heavy atom. The summed E-state index contributed by atoms with van der Waals surface area (Å²) in [5.41, 5.74) is 5.00. The fourth-order valence-corrected chi connectivity index (χ4v) is 6.20. The number of fused-ring (bicyclic) bond motifs is 3. The molecular formula is C28H25N3O6S. The van der Waals surface area contributed by atoms with Gasteiger partial charge in [-0.15, -0.1) is 0 Å². The van der Waals surface area contributed by atoms with Gasteiger partial charge in [-0.25, -0.2) is 23.0 Å². The van der Waals surface area contributed by atoms with Crippen molar-refractivity contribution in [1.82, 2.24) is 14.3 Å². The van der Waals surface area contributed by atoms with Crippen molar-refractivity contribution in [3.05, 3.63) is 108 Å². The van der Waals surface area contributed by atoms with Crippen LogP contribution >= 0.6 is 0 Å². The second-order valence-corrected chi connectivity index (χ2v) is 10.9. The number of sulfonamides is 1. The normalized spacial score (nSPS) is 13.4. The highest BCUT2D eigenvalue weighted by Gasteiger charge is 2.42. The zero-order valence-corrected chi connectivity index (χ0v) is 21.3. The topological polar surface area (TPSA) is 130 Å². The number of aliphatic carboxylic acids is 1. The van der Waals surface area contributed by atoms with Gasteiger partial charge in [0.15, 0.2) is 6.04 Å². The molecule has 0 saturated heterocycles. The van der Waals surface area contributed by atoms with E-state index < -0.39 is 28.1 Å². The van der Waals surface area contributed by atoms with Gasteiger partial charge in [0.2, 0.25) is 0 Å². The standard InChI is InChI=1S/C28H25N3O6S/c1-18-10-12-20(13-11-18)38(35,36)31(26(27(32)33)14-19-15-29-17-30-19)28(34)37-16-25-23-8-4-2-6-21(23)22-7-3-5-9-24(22)25/h2-13,15,17,25-26H,14,16H2,1H3,(H,29,30)(H,32,33)/t26-/m0/s1. The second-order valence-electron chi connectivity index (χ2n) is 9.04. The molecule has 0 aliphatic heterocycles. The van der Waals surface area contributed by atoms with Gasteiger partial charge < -0.3 is 14.8 Å². The SMILES string of the molecule is Cc1ccc(S(=O)(=O)N(C(=O)OCC2c3ccccc3-c3ccccc32)[C@@H](Cc2c[nH]cn2)C(=O)O)cc1. The first-order valence-electron chi connectivity index (χ1n) is 11.9. The summed E-state index contributed by atoms with van der Waals surface area (Å²) in [4.78, 5) is 32.4. The van der Waals surface area contributed by atoms with Crippen molar-refractivity contribution in [3.63, 3.8) is 0 Å². The van der Waals surface area contributed by atoms with Gasteiger partial charge in [-0.05, 0) is 41.3 Å². The van der Waals surface area contributed by atoms with Crippen molar-refractivity contribution in [3.8, 4) is 11.1 Å². The van der Waals surface area contributed by atoms with Crippen LogP contribution < -0.4 is 0 Å². The molecule has 5 rings (SSSR count). The van der Waals surface area contributed by atoms with Crippen molar-refractivity contribution < 1.29 is 27.9 Å². The fraction of sp³-hybridized carbons (Fsp3) is 0.179. The van der Waals surface area contributed by atoms with Crippen molar-refractivity contribution in [1.29, 1.82) is 0 Å². The molecule has 0 spiro atoms. The van der Waals surface area contributed by atoms with E-state index in [2.05, 4.69) is 9.97 Å². The van der Waals surface area contributed by atoms with Crippen LogP contribution in [0.25, 0.3) is 11.1 Å². The van der Waals surface area contributed by atoms with E-state index in [1.54, 1.807) is 19.1 Å². The Morgan fingerprint density at radius 2 is 1.61 bits per heavy atom. The minimum absolute atomic E-state index is 0.165. The number of H-pyrrole nitrogens is 1. The van der Waals surface area contributed by atoms with Crippen LogP contribution in [0.1, 0.15) is 28.3 Å². The molecule has 38 heavy (non-hydrogen) atoms.